The molecule has 6 heteroatoms. The molecule has 2 amide bonds. The minimum atomic E-state index is -1.18. The Morgan fingerprint density at radius 1 is 1.62 bits per heavy atom. The minimum absolute atomic E-state index is 0.0159. The molecule has 4 nitrogen and oxygen atoms in total. The normalized spacial score (nSPS) is 27.7. The molecule has 1 heterocycles. The Kier molecular flexibility index (Phi) is 3.08. The lowest BCUT2D eigenvalue weighted by atomic mass is 10.2. The molecule has 13 heavy (non-hydrogen) atoms. The standard InChI is InChI=1S/C7H10ClFN2O2/c8-2-6(12)11-3-4(9)1-5(11)7(10)13/h4-5H,1-3H2,(H2,10,13)/t4-,5-/m0/s1. The van der Waals surface area contributed by atoms with Gasteiger partial charge in [-0.25, -0.2) is 4.39 Å². The van der Waals surface area contributed by atoms with E-state index in [1.807, 2.05) is 0 Å². The summed E-state index contributed by atoms with van der Waals surface area (Å²) >= 11 is 5.28. The summed E-state index contributed by atoms with van der Waals surface area (Å²) in [6.07, 6.45) is -1.19. The maximum atomic E-state index is 12.8. The van der Waals surface area contributed by atoms with Crippen LogP contribution in [0.4, 0.5) is 4.39 Å². The number of amides is 2. The average molecular weight is 209 g/mol. The van der Waals surface area contributed by atoms with Gasteiger partial charge in [0.05, 0.1) is 6.54 Å². The molecule has 0 spiro atoms. The number of rotatable bonds is 2. The third-order valence-corrected chi connectivity index (χ3v) is 2.24. The topological polar surface area (TPSA) is 63.4 Å². The van der Waals surface area contributed by atoms with E-state index >= 15 is 0 Å². The van der Waals surface area contributed by atoms with Crippen LogP contribution < -0.4 is 5.73 Å². The highest BCUT2D eigenvalue weighted by Crippen LogP contribution is 2.20. The molecular weight excluding hydrogens is 199 g/mol. The van der Waals surface area contributed by atoms with E-state index in [0.29, 0.717) is 0 Å². The summed E-state index contributed by atoms with van der Waals surface area (Å²) < 4.78 is 12.8. The molecule has 0 aromatic carbocycles. The van der Waals surface area contributed by atoms with E-state index < -0.39 is 24.0 Å². The molecule has 0 aromatic rings. The van der Waals surface area contributed by atoms with E-state index in [4.69, 9.17) is 17.3 Å². The number of likely N-dealkylation sites (tertiary alicyclic amines) is 1. The lowest BCUT2D eigenvalue weighted by Crippen LogP contribution is -2.44. The van der Waals surface area contributed by atoms with Gasteiger partial charge in [-0.2, -0.15) is 0 Å². The number of hydrogen-bond acceptors (Lipinski definition) is 2. The molecule has 0 bridgehead atoms. The van der Waals surface area contributed by atoms with Crippen LogP contribution >= 0.6 is 11.6 Å². The van der Waals surface area contributed by atoms with Crippen LogP contribution in [0.5, 0.6) is 0 Å². The summed E-state index contributed by atoms with van der Waals surface area (Å²) in [5.41, 5.74) is 5.00. The van der Waals surface area contributed by atoms with Crippen molar-refractivity contribution >= 4 is 23.4 Å². The van der Waals surface area contributed by atoms with Crippen molar-refractivity contribution in [2.24, 2.45) is 5.73 Å². The molecule has 0 saturated carbocycles. The predicted octanol–water partition coefficient (Wildman–Crippen LogP) is -0.351. The fraction of sp³-hybridized carbons (Fsp3) is 0.714. The summed E-state index contributed by atoms with van der Waals surface area (Å²) in [5, 5.41) is 0. The number of primary amides is 1. The van der Waals surface area contributed by atoms with Gasteiger partial charge >= 0.3 is 0 Å². The second-order valence-corrected chi connectivity index (χ2v) is 3.20. The highest BCUT2D eigenvalue weighted by Gasteiger charge is 2.38. The van der Waals surface area contributed by atoms with Crippen molar-refractivity contribution in [2.45, 2.75) is 18.6 Å². The van der Waals surface area contributed by atoms with Gasteiger partial charge in [0.25, 0.3) is 0 Å². The van der Waals surface area contributed by atoms with Crippen molar-refractivity contribution in [3.8, 4) is 0 Å². The zero-order valence-electron chi connectivity index (χ0n) is 6.87. The fourth-order valence-electron chi connectivity index (χ4n) is 1.41. The summed E-state index contributed by atoms with van der Waals surface area (Å²) in [6.45, 7) is -0.0842. The molecular formula is C7H10ClFN2O2. The Balaban J connectivity index is 2.71. The maximum absolute atomic E-state index is 12.8. The lowest BCUT2D eigenvalue weighted by Gasteiger charge is -2.20. The molecule has 0 unspecified atom stereocenters. The summed E-state index contributed by atoms with van der Waals surface area (Å²) in [5.74, 6) is -1.39. The van der Waals surface area contributed by atoms with Gasteiger partial charge in [-0.15, -0.1) is 11.6 Å². The van der Waals surface area contributed by atoms with Gasteiger partial charge in [0, 0.05) is 6.42 Å². The van der Waals surface area contributed by atoms with E-state index in [2.05, 4.69) is 0 Å². The predicted molar refractivity (Wildman–Crippen MR) is 44.9 cm³/mol. The first-order valence-electron chi connectivity index (χ1n) is 3.85. The Morgan fingerprint density at radius 2 is 2.23 bits per heavy atom. The largest absolute Gasteiger partial charge is 0.368 e. The Bertz CT molecular complexity index is 237. The Hall–Kier alpha value is -0.840. The second kappa shape index (κ2) is 3.91. The average Bonchev–Trinajstić information content (AvgIpc) is 2.46. The molecule has 1 fully saturated rings. The quantitative estimate of drug-likeness (QED) is 0.631. The van der Waals surface area contributed by atoms with E-state index in [1.165, 1.54) is 0 Å². The highest BCUT2D eigenvalue weighted by atomic mass is 35.5. The van der Waals surface area contributed by atoms with Crippen LogP contribution in [-0.2, 0) is 9.59 Å². The zero-order valence-corrected chi connectivity index (χ0v) is 7.63. The van der Waals surface area contributed by atoms with Crippen LogP contribution in [0.15, 0.2) is 0 Å². The monoisotopic (exact) mass is 208 g/mol. The van der Waals surface area contributed by atoms with Crippen LogP contribution in [0.3, 0.4) is 0 Å². The van der Waals surface area contributed by atoms with Crippen molar-refractivity contribution in [3.63, 3.8) is 0 Å². The van der Waals surface area contributed by atoms with Crippen molar-refractivity contribution in [2.75, 3.05) is 12.4 Å². The second-order valence-electron chi connectivity index (χ2n) is 2.93. The number of nitrogens with two attached hydrogens (primary N) is 1. The van der Waals surface area contributed by atoms with Gasteiger partial charge in [-0.05, 0) is 0 Å². The van der Waals surface area contributed by atoms with Gasteiger partial charge in [-0.3, -0.25) is 9.59 Å². The lowest BCUT2D eigenvalue weighted by molar-refractivity contribution is -0.135. The summed E-state index contributed by atoms with van der Waals surface area (Å²) in [4.78, 5) is 23.0. The molecule has 1 aliphatic rings. The Labute approximate surface area is 79.8 Å². The third-order valence-electron chi connectivity index (χ3n) is 2.01. The summed E-state index contributed by atoms with van der Waals surface area (Å²) in [7, 11) is 0. The molecule has 74 valence electrons. The number of hydrogen-bond donors (Lipinski definition) is 1. The molecule has 1 rings (SSSR count). The van der Waals surface area contributed by atoms with Gasteiger partial charge in [-0.1, -0.05) is 0 Å². The van der Waals surface area contributed by atoms with Crippen molar-refractivity contribution in [3.05, 3.63) is 0 Å². The number of carbonyl (C=O) groups is 2. The van der Waals surface area contributed by atoms with E-state index in [1.54, 1.807) is 0 Å². The molecule has 1 aliphatic heterocycles. The molecule has 0 radical (unpaired) electrons. The number of carbonyl (C=O) groups excluding carboxylic acids is 2. The van der Waals surface area contributed by atoms with E-state index in [9.17, 15) is 14.0 Å². The molecule has 1 saturated heterocycles. The number of alkyl halides is 2. The van der Waals surface area contributed by atoms with Gasteiger partial charge in [0.15, 0.2) is 0 Å². The van der Waals surface area contributed by atoms with Crippen LogP contribution in [0.1, 0.15) is 6.42 Å². The van der Waals surface area contributed by atoms with Crippen LogP contribution in [0.2, 0.25) is 0 Å². The smallest absolute Gasteiger partial charge is 0.240 e. The highest BCUT2D eigenvalue weighted by molar-refractivity contribution is 6.27. The van der Waals surface area contributed by atoms with Crippen molar-refractivity contribution in [1.29, 1.82) is 0 Å². The maximum Gasteiger partial charge on any atom is 0.240 e. The first kappa shape index (κ1) is 10.2. The zero-order chi connectivity index (χ0) is 10.0. The van der Waals surface area contributed by atoms with Gasteiger partial charge in [0.1, 0.15) is 18.1 Å². The molecule has 2 atom stereocenters. The van der Waals surface area contributed by atoms with Gasteiger partial charge < -0.3 is 10.6 Å². The van der Waals surface area contributed by atoms with Crippen LogP contribution in [-0.4, -0.2) is 41.4 Å². The molecule has 0 aliphatic carbocycles. The molecule has 0 aromatic heterocycles. The van der Waals surface area contributed by atoms with Crippen molar-refractivity contribution in [1.82, 2.24) is 4.90 Å². The van der Waals surface area contributed by atoms with E-state index in [-0.39, 0.29) is 18.8 Å². The fourth-order valence-corrected chi connectivity index (χ4v) is 1.56. The van der Waals surface area contributed by atoms with Gasteiger partial charge in [0.2, 0.25) is 11.8 Å². The van der Waals surface area contributed by atoms with Crippen LogP contribution in [0, 0.1) is 0 Å². The first-order valence-corrected chi connectivity index (χ1v) is 4.38. The number of nitrogens with zero attached hydrogens (tertiary/aromatic N) is 1. The van der Waals surface area contributed by atoms with Crippen LogP contribution in [0.25, 0.3) is 0 Å². The minimum Gasteiger partial charge on any atom is -0.368 e. The number of halogens is 2. The van der Waals surface area contributed by atoms with Crippen molar-refractivity contribution < 1.29 is 14.0 Å². The first-order chi connectivity index (χ1) is 6.06. The third kappa shape index (κ3) is 2.09. The Morgan fingerprint density at radius 3 is 2.69 bits per heavy atom. The SMILES string of the molecule is NC(=O)[C@@H]1C[C@H](F)CN1C(=O)CCl. The summed E-state index contributed by atoms with van der Waals surface area (Å²) in [6, 6.07) is -0.832. The van der Waals surface area contributed by atoms with E-state index in [0.717, 1.165) is 4.90 Å². The molecule has 2 N–H and O–H groups in total.